The van der Waals surface area contributed by atoms with Crippen LogP contribution in [-0.4, -0.2) is 64.6 Å². The second kappa shape index (κ2) is 10.2. The summed E-state index contributed by atoms with van der Waals surface area (Å²) in [5.74, 6) is 0.855. The van der Waals surface area contributed by atoms with Gasteiger partial charge in [0.2, 0.25) is 0 Å². The highest BCUT2D eigenvalue weighted by Gasteiger charge is 2.19. The zero-order chi connectivity index (χ0) is 20.6. The Morgan fingerprint density at radius 2 is 1.53 bits per heavy atom. The molecule has 1 aromatic heterocycles. The van der Waals surface area contributed by atoms with E-state index >= 15 is 0 Å². The molecule has 1 saturated heterocycles. The summed E-state index contributed by atoms with van der Waals surface area (Å²) in [5.41, 5.74) is 2.16. The average Bonchev–Trinajstić information content (AvgIpc) is 3.27. The van der Waals surface area contributed by atoms with Gasteiger partial charge in [-0.25, -0.2) is 4.98 Å². The van der Waals surface area contributed by atoms with Crippen molar-refractivity contribution in [3.05, 3.63) is 78.6 Å². The summed E-state index contributed by atoms with van der Waals surface area (Å²) < 4.78 is 7.62. The first kappa shape index (κ1) is 20.3. The number of hydrogen-bond donors (Lipinski definition) is 0. The number of nitrogens with zero attached hydrogens (tertiary/aromatic N) is 4. The molecule has 1 aliphatic rings. The number of carbonyl (C=O) groups is 1. The highest BCUT2D eigenvalue weighted by molar-refractivity contribution is 5.71. The maximum absolute atomic E-state index is 12.1. The van der Waals surface area contributed by atoms with Gasteiger partial charge in [0.15, 0.2) is 0 Å². The molecule has 0 N–H and O–H groups in total. The van der Waals surface area contributed by atoms with E-state index in [1.165, 1.54) is 0 Å². The standard InChI is InChI=1S/C24H28N4O2/c29-23(30-20-21-7-3-1-4-8-21)19-27-15-13-26(14-16-27)17-18-28-12-11-25-24(28)22-9-5-2-6-10-22/h1-12H,13-20H2. The van der Waals surface area contributed by atoms with Gasteiger partial charge in [0, 0.05) is 57.2 Å². The molecule has 156 valence electrons. The molecule has 0 saturated carbocycles. The van der Waals surface area contributed by atoms with Crippen LogP contribution in [0.1, 0.15) is 5.56 Å². The van der Waals surface area contributed by atoms with Gasteiger partial charge < -0.3 is 9.30 Å². The molecule has 6 nitrogen and oxygen atoms in total. The fourth-order valence-electron chi connectivity index (χ4n) is 3.72. The number of imidazole rings is 1. The van der Waals surface area contributed by atoms with Gasteiger partial charge in [-0.2, -0.15) is 0 Å². The third kappa shape index (κ3) is 5.55. The van der Waals surface area contributed by atoms with Crippen molar-refractivity contribution in [3.63, 3.8) is 0 Å². The Morgan fingerprint density at radius 3 is 2.27 bits per heavy atom. The molecule has 2 aromatic carbocycles. The molecule has 0 aliphatic carbocycles. The lowest BCUT2D eigenvalue weighted by atomic mass is 10.2. The Bertz CT molecular complexity index is 919. The Kier molecular flexibility index (Phi) is 6.90. The molecule has 0 spiro atoms. The van der Waals surface area contributed by atoms with Gasteiger partial charge >= 0.3 is 5.97 Å². The van der Waals surface area contributed by atoms with Crippen molar-refractivity contribution >= 4 is 5.97 Å². The van der Waals surface area contributed by atoms with Crippen LogP contribution in [-0.2, 0) is 22.7 Å². The Labute approximate surface area is 177 Å². The molecule has 2 heterocycles. The van der Waals surface area contributed by atoms with Crippen LogP contribution in [0.4, 0.5) is 0 Å². The van der Waals surface area contributed by atoms with E-state index in [1.54, 1.807) is 0 Å². The fourth-order valence-corrected chi connectivity index (χ4v) is 3.72. The first-order valence-electron chi connectivity index (χ1n) is 10.5. The quantitative estimate of drug-likeness (QED) is 0.541. The minimum absolute atomic E-state index is 0.154. The van der Waals surface area contributed by atoms with E-state index in [9.17, 15) is 4.79 Å². The monoisotopic (exact) mass is 404 g/mol. The van der Waals surface area contributed by atoms with Crippen LogP contribution in [0.15, 0.2) is 73.1 Å². The van der Waals surface area contributed by atoms with Crippen molar-refractivity contribution in [2.75, 3.05) is 39.3 Å². The van der Waals surface area contributed by atoms with Crippen LogP contribution >= 0.6 is 0 Å². The van der Waals surface area contributed by atoms with Crippen molar-refractivity contribution in [2.24, 2.45) is 0 Å². The van der Waals surface area contributed by atoms with Crippen LogP contribution < -0.4 is 0 Å². The summed E-state index contributed by atoms with van der Waals surface area (Å²) in [6.07, 6.45) is 3.91. The van der Waals surface area contributed by atoms with Crippen molar-refractivity contribution in [1.29, 1.82) is 0 Å². The highest BCUT2D eigenvalue weighted by Crippen LogP contribution is 2.16. The van der Waals surface area contributed by atoms with E-state index in [2.05, 4.69) is 31.5 Å². The number of rotatable bonds is 8. The van der Waals surface area contributed by atoms with Crippen molar-refractivity contribution in [3.8, 4) is 11.4 Å². The fraction of sp³-hybridized carbons (Fsp3) is 0.333. The third-order valence-electron chi connectivity index (χ3n) is 5.46. The first-order valence-corrected chi connectivity index (χ1v) is 10.5. The normalized spacial score (nSPS) is 15.2. The van der Waals surface area contributed by atoms with Gasteiger partial charge in [-0.3, -0.25) is 14.6 Å². The van der Waals surface area contributed by atoms with Gasteiger partial charge in [0.05, 0.1) is 6.54 Å². The molecule has 0 radical (unpaired) electrons. The third-order valence-corrected chi connectivity index (χ3v) is 5.46. The smallest absolute Gasteiger partial charge is 0.320 e. The second-order valence-corrected chi connectivity index (χ2v) is 7.57. The van der Waals surface area contributed by atoms with Gasteiger partial charge in [-0.1, -0.05) is 60.7 Å². The number of benzene rings is 2. The van der Waals surface area contributed by atoms with E-state index in [-0.39, 0.29) is 5.97 Å². The van der Waals surface area contributed by atoms with Crippen LogP contribution in [0.2, 0.25) is 0 Å². The molecular formula is C24H28N4O2. The Balaban J connectivity index is 1.18. The number of hydrogen-bond acceptors (Lipinski definition) is 5. The summed E-state index contributed by atoms with van der Waals surface area (Å²) in [4.78, 5) is 21.3. The Morgan fingerprint density at radius 1 is 0.867 bits per heavy atom. The zero-order valence-corrected chi connectivity index (χ0v) is 17.2. The lowest BCUT2D eigenvalue weighted by Crippen LogP contribution is -2.48. The molecule has 0 atom stereocenters. The van der Waals surface area contributed by atoms with Gasteiger partial charge in [-0.05, 0) is 5.56 Å². The number of aromatic nitrogens is 2. The molecule has 0 bridgehead atoms. The highest BCUT2D eigenvalue weighted by atomic mass is 16.5. The van der Waals surface area contributed by atoms with Crippen LogP contribution in [0, 0.1) is 0 Å². The van der Waals surface area contributed by atoms with Gasteiger partial charge in [0.25, 0.3) is 0 Å². The number of piperazine rings is 1. The lowest BCUT2D eigenvalue weighted by molar-refractivity contribution is -0.146. The van der Waals surface area contributed by atoms with Crippen molar-refractivity contribution < 1.29 is 9.53 Å². The first-order chi connectivity index (χ1) is 14.8. The molecule has 3 aromatic rings. The number of ether oxygens (including phenoxy) is 1. The topological polar surface area (TPSA) is 50.6 Å². The maximum Gasteiger partial charge on any atom is 0.320 e. The Hall–Kier alpha value is -2.96. The maximum atomic E-state index is 12.1. The zero-order valence-electron chi connectivity index (χ0n) is 17.2. The molecule has 1 aliphatic heterocycles. The molecule has 0 unspecified atom stereocenters. The summed E-state index contributed by atoms with van der Waals surface area (Å²) >= 11 is 0. The van der Waals surface area contributed by atoms with E-state index in [0.29, 0.717) is 13.2 Å². The molecule has 1 fully saturated rings. The predicted molar refractivity (Wildman–Crippen MR) is 117 cm³/mol. The van der Waals surface area contributed by atoms with Crippen molar-refractivity contribution in [1.82, 2.24) is 19.4 Å². The van der Waals surface area contributed by atoms with Gasteiger partial charge in [0.1, 0.15) is 12.4 Å². The van der Waals surface area contributed by atoms with E-state index in [4.69, 9.17) is 4.74 Å². The van der Waals surface area contributed by atoms with E-state index in [1.807, 2.05) is 60.9 Å². The number of esters is 1. The molecule has 0 amide bonds. The van der Waals surface area contributed by atoms with E-state index < -0.39 is 0 Å². The van der Waals surface area contributed by atoms with Crippen LogP contribution in [0.3, 0.4) is 0 Å². The molecule has 6 heteroatoms. The predicted octanol–water partition coefficient (Wildman–Crippen LogP) is 2.91. The van der Waals surface area contributed by atoms with Crippen LogP contribution in [0.25, 0.3) is 11.4 Å². The molecule has 4 rings (SSSR count). The minimum atomic E-state index is -0.154. The molecular weight excluding hydrogens is 376 g/mol. The van der Waals surface area contributed by atoms with Gasteiger partial charge in [-0.15, -0.1) is 0 Å². The minimum Gasteiger partial charge on any atom is -0.460 e. The summed E-state index contributed by atoms with van der Waals surface area (Å²) in [6.45, 7) is 6.27. The lowest BCUT2D eigenvalue weighted by Gasteiger charge is -2.34. The second-order valence-electron chi connectivity index (χ2n) is 7.57. The largest absolute Gasteiger partial charge is 0.460 e. The average molecular weight is 405 g/mol. The summed E-state index contributed by atoms with van der Waals surface area (Å²) in [5, 5.41) is 0. The van der Waals surface area contributed by atoms with Crippen molar-refractivity contribution in [2.45, 2.75) is 13.2 Å². The van der Waals surface area contributed by atoms with Crippen LogP contribution in [0.5, 0.6) is 0 Å². The molecule has 30 heavy (non-hydrogen) atoms. The SMILES string of the molecule is O=C(CN1CCN(CCn2ccnc2-c2ccccc2)CC1)OCc1ccccc1. The summed E-state index contributed by atoms with van der Waals surface area (Å²) in [7, 11) is 0. The van der Waals surface area contributed by atoms with E-state index in [0.717, 1.165) is 56.2 Å². The summed E-state index contributed by atoms with van der Waals surface area (Å²) in [6, 6.07) is 20.1. The number of carbonyl (C=O) groups excluding carboxylic acids is 1.